The van der Waals surface area contributed by atoms with E-state index >= 15 is 0 Å². The minimum Gasteiger partial charge on any atom is -0.477 e. The molecule has 17 heteroatoms. The number of hydrogen-bond donors (Lipinski definition) is 2. The minimum absolute atomic E-state index is 0.0945. The van der Waals surface area contributed by atoms with Crippen molar-refractivity contribution >= 4 is 52.2 Å². The van der Waals surface area contributed by atoms with E-state index in [-0.39, 0.29) is 24.7 Å². The summed E-state index contributed by atoms with van der Waals surface area (Å²) in [6.45, 7) is 12.9. The molecule has 338 valence electrons. The average molecular weight is 882 g/mol. The Morgan fingerprint density at radius 2 is 1.58 bits per heavy atom. The molecular formula is C48H55N11O6. The average Bonchev–Trinajstić information content (AvgIpc) is 3.91. The number of imidazole rings is 1. The number of nitrogens with one attached hydrogen (secondary N) is 2. The summed E-state index contributed by atoms with van der Waals surface area (Å²) in [5.74, 6) is -0.153. The number of nitrogens with zero attached hydrogens (tertiary/aromatic N) is 9. The smallest absolute Gasteiger partial charge is 0.262 e. The number of rotatable bonds is 6. The van der Waals surface area contributed by atoms with Crippen LogP contribution in [0.4, 0.5) is 11.6 Å². The fourth-order valence-corrected chi connectivity index (χ4v) is 10.2. The van der Waals surface area contributed by atoms with Crippen molar-refractivity contribution in [2.75, 3.05) is 62.6 Å². The normalized spacial score (nSPS) is 21.6. The second kappa shape index (κ2) is 17.5. The molecule has 0 radical (unpaired) electrons. The van der Waals surface area contributed by atoms with E-state index in [1.807, 2.05) is 20.0 Å². The Kier molecular flexibility index (Phi) is 11.4. The first-order valence-electron chi connectivity index (χ1n) is 23.0. The third-order valence-corrected chi connectivity index (χ3v) is 13.8. The molecule has 5 amide bonds. The van der Waals surface area contributed by atoms with Crippen LogP contribution in [0.1, 0.15) is 87.8 Å². The van der Waals surface area contributed by atoms with Gasteiger partial charge in [0.1, 0.15) is 6.04 Å². The van der Waals surface area contributed by atoms with Gasteiger partial charge in [0.15, 0.2) is 0 Å². The van der Waals surface area contributed by atoms with Crippen molar-refractivity contribution < 1.29 is 28.7 Å². The molecule has 5 aliphatic heterocycles. The predicted molar refractivity (Wildman–Crippen MR) is 243 cm³/mol. The van der Waals surface area contributed by atoms with Gasteiger partial charge in [0.2, 0.25) is 23.6 Å². The molecule has 3 fully saturated rings. The Labute approximate surface area is 377 Å². The van der Waals surface area contributed by atoms with E-state index < -0.39 is 23.8 Å². The summed E-state index contributed by atoms with van der Waals surface area (Å²) in [6.07, 6.45) is 5.83. The third kappa shape index (κ3) is 8.50. The first-order valence-corrected chi connectivity index (χ1v) is 23.0. The molecular weight excluding hydrogens is 827 g/mol. The summed E-state index contributed by atoms with van der Waals surface area (Å²) >= 11 is 0. The maximum Gasteiger partial charge on any atom is 0.262 e. The topological polar surface area (TPSA) is 180 Å². The van der Waals surface area contributed by atoms with Crippen LogP contribution in [-0.4, -0.2) is 127 Å². The number of imide groups is 2. The first kappa shape index (κ1) is 42.5. The molecule has 65 heavy (non-hydrogen) atoms. The van der Waals surface area contributed by atoms with E-state index in [4.69, 9.17) is 14.7 Å². The van der Waals surface area contributed by atoms with Gasteiger partial charge in [-0.05, 0) is 98.9 Å². The van der Waals surface area contributed by atoms with E-state index in [1.165, 1.54) is 5.56 Å². The standard InChI is InChI=1S/C48H55N11O6/c1-29-5-4-20-65-47-37(25-49-54(47)3)39-23-33(21-30(2)50-39)43(61)53-48-51-38-9-6-32(22-41(38)58(48)26-29)28-56-18-16-55(17-19-56)27-31-12-14-57(15-13-31)34-7-8-35-36(24-34)46(64)59(45(35)63)40-10-11-42(60)52-44(40)62/h6-9,21-25,29,31,40H,4-5,10-20,26-28H2,1-3H3,(H,51,53,61)(H,52,60,62)/t29-,40?/m1/s1. The second-order valence-electron chi connectivity index (χ2n) is 18.5. The SMILES string of the molecule is Cc1cc2cc(n1)-c1cnn(C)c1OCCC[C@@H](C)Cn1c(nc3ccc(CN4CCN(CC5CCN(c6ccc7c(c6)C(=O)N(C6CCC(=O)NC6=O)C7=O)CC5)CC4)cc31)NC2=O. The number of amides is 5. The molecule has 0 saturated carbocycles. The van der Waals surface area contributed by atoms with Crippen molar-refractivity contribution in [2.45, 2.75) is 71.5 Å². The first-order chi connectivity index (χ1) is 31.4. The van der Waals surface area contributed by atoms with E-state index in [0.29, 0.717) is 59.2 Å². The van der Waals surface area contributed by atoms with E-state index in [1.54, 1.807) is 35.1 Å². The molecule has 2 N–H and O–H groups in total. The lowest BCUT2D eigenvalue weighted by Crippen LogP contribution is -2.54. The van der Waals surface area contributed by atoms with Crippen molar-refractivity contribution in [3.05, 3.63) is 82.7 Å². The summed E-state index contributed by atoms with van der Waals surface area (Å²) in [5, 5.41) is 9.83. The number of aromatic nitrogens is 5. The minimum atomic E-state index is -0.971. The molecule has 2 aromatic carbocycles. The van der Waals surface area contributed by atoms with Gasteiger partial charge in [-0.2, -0.15) is 5.10 Å². The Morgan fingerprint density at radius 3 is 2.38 bits per heavy atom. The molecule has 3 aromatic heterocycles. The van der Waals surface area contributed by atoms with E-state index in [2.05, 4.69) is 60.1 Å². The quantitative estimate of drug-likeness (QED) is 0.226. The number of hydrogen-bond acceptors (Lipinski definition) is 12. The Balaban J connectivity index is 0.752. The number of fused-ring (bicyclic) bond motifs is 8. The lowest BCUT2D eigenvalue weighted by molar-refractivity contribution is -0.136. The van der Waals surface area contributed by atoms with Crippen LogP contribution in [0.2, 0.25) is 0 Å². The molecule has 0 aliphatic carbocycles. The Hall–Kier alpha value is -6.46. The number of carbonyl (C=O) groups excluding carboxylic acids is 5. The van der Waals surface area contributed by atoms with Crippen molar-refractivity contribution in [1.29, 1.82) is 0 Å². The number of benzene rings is 2. The Bertz CT molecular complexity index is 2710. The number of ether oxygens (including phenoxy) is 1. The zero-order valence-electron chi connectivity index (χ0n) is 37.2. The molecule has 5 aromatic rings. The lowest BCUT2D eigenvalue weighted by Gasteiger charge is -2.39. The second-order valence-corrected chi connectivity index (χ2v) is 18.5. The third-order valence-electron chi connectivity index (χ3n) is 13.8. The Morgan fingerprint density at radius 1 is 0.800 bits per heavy atom. The van der Waals surface area contributed by atoms with Crippen LogP contribution >= 0.6 is 0 Å². The van der Waals surface area contributed by atoms with Crippen LogP contribution in [0.15, 0.2) is 54.7 Å². The van der Waals surface area contributed by atoms with Gasteiger partial charge in [0.05, 0.1) is 46.2 Å². The number of carbonyl (C=O) groups is 5. The fraction of sp³-hybridized carbons (Fsp3) is 0.458. The van der Waals surface area contributed by atoms with E-state index in [9.17, 15) is 24.0 Å². The van der Waals surface area contributed by atoms with Crippen molar-refractivity contribution in [1.82, 2.24) is 44.3 Å². The van der Waals surface area contributed by atoms with Gasteiger partial charge >= 0.3 is 0 Å². The molecule has 8 heterocycles. The molecule has 0 spiro atoms. The van der Waals surface area contributed by atoms with Gasteiger partial charge < -0.3 is 19.1 Å². The van der Waals surface area contributed by atoms with Crippen LogP contribution in [-0.2, 0) is 29.7 Å². The highest BCUT2D eigenvalue weighted by Gasteiger charge is 2.45. The van der Waals surface area contributed by atoms with Gasteiger partial charge in [-0.25, -0.2) is 9.67 Å². The molecule has 5 aliphatic rings. The predicted octanol–water partition coefficient (Wildman–Crippen LogP) is 4.64. The molecule has 3 saturated heterocycles. The van der Waals surface area contributed by atoms with E-state index in [0.717, 1.165) is 111 Å². The van der Waals surface area contributed by atoms with Crippen molar-refractivity contribution in [3.8, 4) is 17.1 Å². The molecule has 2 bridgehead atoms. The van der Waals surface area contributed by atoms with Gasteiger partial charge in [-0.1, -0.05) is 13.0 Å². The summed E-state index contributed by atoms with van der Waals surface area (Å²) in [4.78, 5) is 82.8. The zero-order chi connectivity index (χ0) is 44.9. The fourth-order valence-electron chi connectivity index (χ4n) is 10.2. The summed E-state index contributed by atoms with van der Waals surface area (Å²) in [6, 6.07) is 14.5. The van der Waals surface area contributed by atoms with Crippen LogP contribution in [0, 0.1) is 18.8 Å². The number of piperidine rings is 2. The highest BCUT2D eigenvalue weighted by molar-refractivity contribution is 6.23. The lowest BCUT2D eigenvalue weighted by atomic mass is 9.95. The summed E-state index contributed by atoms with van der Waals surface area (Å²) in [5.41, 5.74) is 7.20. The molecule has 1 unspecified atom stereocenters. The van der Waals surface area contributed by atoms with Crippen molar-refractivity contribution in [3.63, 3.8) is 0 Å². The zero-order valence-corrected chi connectivity index (χ0v) is 37.2. The number of pyridine rings is 1. The summed E-state index contributed by atoms with van der Waals surface area (Å²) < 4.78 is 10.1. The number of anilines is 2. The molecule has 2 atom stereocenters. The maximum absolute atomic E-state index is 13.9. The van der Waals surface area contributed by atoms with Crippen LogP contribution in [0.5, 0.6) is 5.88 Å². The van der Waals surface area contributed by atoms with Gasteiger partial charge in [0.25, 0.3) is 17.7 Å². The number of piperazine rings is 1. The van der Waals surface area contributed by atoms with Gasteiger partial charge in [-0.3, -0.25) is 49.4 Å². The number of aryl methyl sites for hydroxylation is 2. The maximum atomic E-state index is 13.9. The molecule has 10 rings (SSSR count). The monoisotopic (exact) mass is 881 g/mol. The van der Waals surface area contributed by atoms with Crippen LogP contribution in [0.25, 0.3) is 22.3 Å². The largest absolute Gasteiger partial charge is 0.477 e. The van der Waals surface area contributed by atoms with Crippen molar-refractivity contribution in [2.24, 2.45) is 18.9 Å². The van der Waals surface area contributed by atoms with Crippen LogP contribution < -0.4 is 20.3 Å². The molecule has 17 nitrogen and oxygen atoms in total. The summed E-state index contributed by atoms with van der Waals surface area (Å²) in [7, 11) is 1.85. The highest BCUT2D eigenvalue weighted by Crippen LogP contribution is 2.34. The highest BCUT2D eigenvalue weighted by atomic mass is 16.5. The van der Waals surface area contributed by atoms with Gasteiger partial charge in [0, 0.05) is 89.3 Å². The van der Waals surface area contributed by atoms with Crippen LogP contribution in [0.3, 0.4) is 0 Å². The van der Waals surface area contributed by atoms with Gasteiger partial charge in [-0.15, -0.1) is 0 Å².